The lowest BCUT2D eigenvalue weighted by molar-refractivity contribution is -0.117. The number of aliphatic hydroxyl groups is 1. The van der Waals surface area contributed by atoms with E-state index < -0.39 is 0 Å². The fourth-order valence-corrected chi connectivity index (χ4v) is 1.78. The molecule has 2 nitrogen and oxygen atoms in total. The average molecular weight is 190 g/mol. The number of carbonyl (C=O) groups excluding carboxylic acids is 1. The number of Topliss-reactive ketones (excluding diaryl/α,β-unsaturated/α-hetero) is 1. The molecule has 0 amide bonds. The summed E-state index contributed by atoms with van der Waals surface area (Å²) < 4.78 is 0. The van der Waals surface area contributed by atoms with Gasteiger partial charge in [0.2, 0.25) is 0 Å². The maximum absolute atomic E-state index is 10.5. The summed E-state index contributed by atoms with van der Waals surface area (Å²) in [6.07, 6.45) is 1.67. The monoisotopic (exact) mass is 190 g/mol. The van der Waals surface area contributed by atoms with Crippen molar-refractivity contribution in [2.24, 2.45) is 5.92 Å². The molecule has 0 saturated carbocycles. The van der Waals surface area contributed by atoms with Crippen LogP contribution in [0.3, 0.4) is 0 Å². The highest BCUT2D eigenvalue weighted by atomic mass is 32.2. The average Bonchev–Trinajstić information content (AvgIpc) is 2.03. The second kappa shape index (κ2) is 7.62. The summed E-state index contributed by atoms with van der Waals surface area (Å²) in [6, 6.07) is 0. The van der Waals surface area contributed by atoms with Crippen LogP contribution in [0.4, 0.5) is 0 Å². The number of hydrogen-bond acceptors (Lipinski definition) is 3. The van der Waals surface area contributed by atoms with Crippen LogP contribution in [-0.2, 0) is 4.79 Å². The van der Waals surface area contributed by atoms with Crippen LogP contribution in [0.2, 0.25) is 0 Å². The Kier molecular flexibility index (Phi) is 7.61. The van der Waals surface area contributed by atoms with Gasteiger partial charge in [-0.25, -0.2) is 0 Å². The minimum Gasteiger partial charge on any atom is -0.396 e. The first kappa shape index (κ1) is 12.0. The highest BCUT2D eigenvalue weighted by Gasteiger charge is 1.99. The molecule has 0 bridgehead atoms. The third-order valence-corrected chi connectivity index (χ3v) is 2.91. The standard InChI is InChI=1S/C9H18O2S/c1-8(6-10)7-12-5-3-4-9(2)11/h8,10H,3-7H2,1-2H3. The molecule has 0 aliphatic rings. The summed E-state index contributed by atoms with van der Waals surface area (Å²) >= 11 is 1.82. The van der Waals surface area contributed by atoms with Crippen molar-refractivity contribution in [1.29, 1.82) is 0 Å². The fraction of sp³-hybridized carbons (Fsp3) is 0.889. The molecule has 1 atom stereocenters. The van der Waals surface area contributed by atoms with Gasteiger partial charge < -0.3 is 9.90 Å². The molecular weight excluding hydrogens is 172 g/mol. The predicted molar refractivity (Wildman–Crippen MR) is 53.5 cm³/mol. The largest absolute Gasteiger partial charge is 0.396 e. The van der Waals surface area contributed by atoms with Gasteiger partial charge in [0.05, 0.1) is 0 Å². The predicted octanol–water partition coefficient (Wildman–Crippen LogP) is 1.72. The van der Waals surface area contributed by atoms with Gasteiger partial charge in [0.15, 0.2) is 0 Å². The molecule has 0 heterocycles. The van der Waals surface area contributed by atoms with Gasteiger partial charge in [-0.15, -0.1) is 0 Å². The van der Waals surface area contributed by atoms with Gasteiger partial charge in [-0.05, 0) is 30.8 Å². The summed E-state index contributed by atoms with van der Waals surface area (Å²) in [5, 5.41) is 8.71. The zero-order valence-electron chi connectivity index (χ0n) is 7.88. The number of rotatable bonds is 7. The van der Waals surface area contributed by atoms with Gasteiger partial charge in [0, 0.05) is 13.0 Å². The van der Waals surface area contributed by atoms with Crippen LogP contribution in [0.15, 0.2) is 0 Å². The maximum Gasteiger partial charge on any atom is 0.129 e. The molecule has 3 heteroatoms. The molecule has 0 aliphatic carbocycles. The summed E-state index contributed by atoms with van der Waals surface area (Å²) in [5.41, 5.74) is 0. The second-order valence-electron chi connectivity index (χ2n) is 3.17. The smallest absolute Gasteiger partial charge is 0.129 e. The van der Waals surface area contributed by atoms with E-state index in [1.165, 1.54) is 0 Å². The molecule has 0 saturated heterocycles. The second-order valence-corrected chi connectivity index (χ2v) is 4.32. The maximum atomic E-state index is 10.5. The van der Waals surface area contributed by atoms with Gasteiger partial charge in [-0.1, -0.05) is 6.92 Å². The van der Waals surface area contributed by atoms with Crippen molar-refractivity contribution in [3.63, 3.8) is 0 Å². The summed E-state index contributed by atoms with van der Waals surface area (Å²) in [5.74, 6) is 2.68. The van der Waals surface area contributed by atoms with Gasteiger partial charge in [0.1, 0.15) is 5.78 Å². The van der Waals surface area contributed by atoms with E-state index in [0.29, 0.717) is 12.3 Å². The molecule has 0 aromatic carbocycles. The van der Waals surface area contributed by atoms with E-state index in [2.05, 4.69) is 0 Å². The summed E-state index contributed by atoms with van der Waals surface area (Å²) in [6.45, 7) is 3.92. The number of hydrogen-bond donors (Lipinski definition) is 1. The van der Waals surface area contributed by atoms with Gasteiger partial charge in [-0.3, -0.25) is 0 Å². The van der Waals surface area contributed by atoms with Gasteiger partial charge in [-0.2, -0.15) is 11.8 Å². The van der Waals surface area contributed by atoms with Crippen molar-refractivity contribution >= 4 is 17.5 Å². The molecule has 0 aromatic rings. The molecule has 0 fully saturated rings. The Morgan fingerprint density at radius 2 is 2.25 bits per heavy atom. The lowest BCUT2D eigenvalue weighted by Gasteiger charge is -2.05. The molecule has 1 unspecified atom stereocenters. The Morgan fingerprint density at radius 1 is 1.58 bits per heavy atom. The minimum absolute atomic E-state index is 0.264. The third kappa shape index (κ3) is 8.08. The minimum atomic E-state index is 0.264. The van der Waals surface area contributed by atoms with E-state index in [4.69, 9.17) is 5.11 Å². The number of ketones is 1. The lowest BCUT2D eigenvalue weighted by Crippen LogP contribution is -2.04. The number of thioether (sulfide) groups is 1. The topological polar surface area (TPSA) is 37.3 Å². The van der Waals surface area contributed by atoms with E-state index in [0.717, 1.165) is 17.9 Å². The van der Waals surface area contributed by atoms with Crippen molar-refractivity contribution in [1.82, 2.24) is 0 Å². The molecule has 0 rings (SSSR count). The SMILES string of the molecule is CC(=O)CCCSCC(C)CO. The van der Waals surface area contributed by atoms with Crippen LogP contribution in [0.1, 0.15) is 26.7 Å². The molecule has 0 radical (unpaired) electrons. The first-order chi connectivity index (χ1) is 5.66. The Morgan fingerprint density at radius 3 is 2.75 bits per heavy atom. The van der Waals surface area contributed by atoms with Gasteiger partial charge >= 0.3 is 0 Å². The third-order valence-electron chi connectivity index (χ3n) is 1.53. The van der Waals surface area contributed by atoms with Crippen LogP contribution in [0.25, 0.3) is 0 Å². The Balaban J connectivity index is 3.05. The summed E-state index contributed by atoms with van der Waals surface area (Å²) in [7, 11) is 0. The normalized spacial score (nSPS) is 12.9. The van der Waals surface area contributed by atoms with E-state index >= 15 is 0 Å². The Hall–Kier alpha value is -0.0200. The molecule has 0 aromatic heterocycles. The summed E-state index contributed by atoms with van der Waals surface area (Å²) in [4.78, 5) is 10.5. The van der Waals surface area contributed by atoms with E-state index in [1.54, 1.807) is 6.92 Å². The van der Waals surface area contributed by atoms with Gasteiger partial charge in [0.25, 0.3) is 0 Å². The quantitative estimate of drug-likeness (QED) is 0.621. The lowest BCUT2D eigenvalue weighted by atomic mass is 10.2. The molecule has 12 heavy (non-hydrogen) atoms. The van der Waals surface area contributed by atoms with E-state index in [1.807, 2.05) is 18.7 Å². The molecule has 1 N–H and O–H groups in total. The molecular formula is C9H18O2S. The fourth-order valence-electron chi connectivity index (χ4n) is 0.760. The van der Waals surface area contributed by atoms with Crippen LogP contribution in [0.5, 0.6) is 0 Å². The first-order valence-corrected chi connectivity index (χ1v) is 5.50. The van der Waals surface area contributed by atoms with Crippen LogP contribution in [0, 0.1) is 5.92 Å². The van der Waals surface area contributed by atoms with Crippen molar-refractivity contribution < 1.29 is 9.90 Å². The molecule has 0 spiro atoms. The molecule has 0 aliphatic heterocycles. The van der Waals surface area contributed by atoms with E-state index in [9.17, 15) is 4.79 Å². The Bertz CT molecular complexity index is 126. The first-order valence-electron chi connectivity index (χ1n) is 4.35. The highest BCUT2D eigenvalue weighted by molar-refractivity contribution is 7.99. The number of carbonyl (C=O) groups is 1. The van der Waals surface area contributed by atoms with Crippen molar-refractivity contribution in [3.05, 3.63) is 0 Å². The van der Waals surface area contributed by atoms with Crippen molar-refractivity contribution in [2.75, 3.05) is 18.1 Å². The zero-order chi connectivity index (χ0) is 9.40. The van der Waals surface area contributed by atoms with Crippen LogP contribution >= 0.6 is 11.8 Å². The van der Waals surface area contributed by atoms with Crippen LogP contribution in [-0.4, -0.2) is 29.0 Å². The van der Waals surface area contributed by atoms with Crippen LogP contribution < -0.4 is 0 Å². The van der Waals surface area contributed by atoms with Crippen molar-refractivity contribution in [3.8, 4) is 0 Å². The highest BCUT2D eigenvalue weighted by Crippen LogP contribution is 2.09. The van der Waals surface area contributed by atoms with Crippen molar-refractivity contribution in [2.45, 2.75) is 26.7 Å². The van der Waals surface area contributed by atoms with E-state index in [-0.39, 0.29) is 12.4 Å². The molecule has 72 valence electrons. The zero-order valence-corrected chi connectivity index (χ0v) is 8.69. The number of aliphatic hydroxyl groups excluding tert-OH is 1. The Labute approximate surface area is 78.7 Å².